The zero-order valence-corrected chi connectivity index (χ0v) is 13.9. The second-order valence-corrected chi connectivity index (χ2v) is 5.93. The molecule has 0 fully saturated rings. The van der Waals surface area contributed by atoms with E-state index >= 15 is 0 Å². The topological polar surface area (TPSA) is 76.1 Å². The molecule has 0 saturated carbocycles. The second-order valence-electron chi connectivity index (χ2n) is 5.08. The zero-order valence-electron chi connectivity index (χ0n) is 12.3. The molecule has 0 unspecified atom stereocenters. The van der Waals surface area contributed by atoms with Crippen LogP contribution in [0.3, 0.4) is 0 Å². The van der Waals surface area contributed by atoms with E-state index in [-0.39, 0.29) is 18.7 Å². The first kappa shape index (κ1) is 16.6. The van der Waals surface area contributed by atoms with Crippen molar-refractivity contribution in [3.05, 3.63) is 22.2 Å². The monoisotopic (exact) mass is 371 g/mol. The molecule has 6 nitrogen and oxygen atoms in total. The van der Waals surface area contributed by atoms with Gasteiger partial charge in [0.25, 0.3) is 0 Å². The number of ether oxygens (including phenoxy) is 2. The lowest BCUT2D eigenvalue weighted by atomic mass is 10.1. The molecule has 0 spiro atoms. The number of carboxylic acids is 1. The molecular formula is C15H18BrNO5. The molecule has 0 saturated heterocycles. The van der Waals surface area contributed by atoms with E-state index in [4.69, 9.17) is 14.6 Å². The first-order valence-electron chi connectivity index (χ1n) is 7.01. The van der Waals surface area contributed by atoms with E-state index in [1.165, 1.54) is 0 Å². The van der Waals surface area contributed by atoms with Gasteiger partial charge in [0, 0.05) is 24.5 Å². The van der Waals surface area contributed by atoms with Crippen LogP contribution in [0.25, 0.3) is 0 Å². The van der Waals surface area contributed by atoms with Gasteiger partial charge in [-0.25, -0.2) is 0 Å². The molecule has 2 rings (SSSR count). The standard InChI is InChI=1S/C15H18BrNO5/c1-17(4-2-3-15(19)20)14(18)8-10-7-12-13(9-11(10)16)22-6-5-21-12/h7,9H,2-6,8H2,1H3,(H,19,20). The van der Waals surface area contributed by atoms with Crippen molar-refractivity contribution in [1.82, 2.24) is 4.90 Å². The van der Waals surface area contributed by atoms with Crippen LogP contribution in [-0.4, -0.2) is 48.7 Å². The highest BCUT2D eigenvalue weighted by Gasteiger charge is 2.18. The molecule has 0 atom stereocenters. The molecule has 0 aromatic heterocycles. The Kier molecular flexibility index (Phi) is 5.65. The van der Waals surface area contributed by atoms with Crippen LogP contribution in [0.1, 0.15) is 18.4 Å². The number of halogens is 1. The van der Waals surface area contributed by atoms with E-state index in [0.29, 0.717) is 37.7 Å². The summed E-state index contributed by atoms with van der Waals surface area (Å²) in [5.41, 5.74) is 0.819. The first-order valence-corrected chi connectivity index (χ1v) is 7.80. The third kappa shape index (κ3) is 4.37. The highest BCUT2D eigenvalue weighted by Crippen LogP contribution is 2.35. The van der Waals surface area contributed by atoms with Gasteiger partial charge in [-0.15, -0.1) is 0 Å². The third-order valence-electron chi connectivity index (χ3n) is 3.36. The number of aliphatic carboxylic acids is 1. The molecule has 120 valence electrons. The molecule has 1 aromatic carbocycles. The van der Waals surface area contributed by atoms with Crippen molar-refractivity contribution >= 4 is 27.8 Å². The molecule has 1 amide bonds. The Bertz CT molecular complexity index is 575. The average Bonchev–Trinajstić information content (AvgIpc) is 2.47. The summed E-state index contributed by atoms with van der Waals surface area (Å²) in [6.07, 6.45) is 0.728. The lowest BCUT2D eigenvalue weighted by Gasteiger charge is -2.21. The van der Waals surface area contributed by atoms with Gasteiger partial charge >= 0.3 is 5.97 Å². The van der Waals surface area contributed by atoms with Crippen LogP contribution in [0, 0.1) is 0 Å². The number of hydrogen-bond acceptors (Lipinski definition) is 4. The maximum Gasteiger partial charge on any atom is 0.303 e. The fraction of sp³-hybridized carbons (Fsp3) is 0.467. The Morgan fingerprint density at radius 1 is 1.27 bits per heavy atom. The second kappa shape index (κ2) is 7.49. The number of nitrogens with zero attached hydrogens (tertiary/aromatic N) is 1. The van der Waals surface area contributed by atoms with Gasteiger partial charge in [-0.05, 0) is 24.1 Å². The predicted molar refractivity (Wildman–Crippen MR) is 83.3 cm³/mol. The van der Waals surface area contributed by atoms with Crippen LogP contribution in [0.2, 0.25) is 0 Å². The van der Waals surface area contributed by atoms with E-state index in [9.17, 15) is 9.59 Å². The van der Waals surface area contributed by atoms with Crippen molar-refractivity contribution in [3.63, 3.8) is 0 Å². The number of benzene rings is 1. The molecule has 1 heterocycles. The summed E-state index contributed by atoms with van der Waals surface area (Å²) in [7, 11) is 1.68. The Morgan fingerprint density at radius 3 is 2.55 bits per heavy atom. The smallest absolute Gasteiger partial charge is 0.303 e. The van der Waals surface area contributed by atoms with Gasteiger partial charge in [0.1, 0.15) is 13.2 Å². The summed E-state index contributed by atoms with van der Waals surface area (Å²) in [6.45, 7) is 1.44. The average molecular weight is 372 g/mol. The number of fused-ring (bicyclic) bond motifs is 1. The van der Waals surface area contributed by atoms with Crippen LogP contribution in [-0.2, 0) is 16.0 Å². The fourth-order valence-corrected chi connectivity index (χ4v) is 2.59. The van der Waals surface area contributed by atoms with E-state index in [1.54, 1.807) is 11.9 Å². The third-order valence-corrected chi connectivity index (χ3v) is 4.10. The van der Waals surface area contributed by atoms with E-state index in [0.717, 1.165) is 10.0 Å². The molecule has 22 heavy (non-hydrogen) atoms. The van der Waals surface area contributed by atoms with Gasteiger partial charge in [0.2, 0.25) is 5.91 Å². The van der Waals surface area contributed by atoms with Crippen LogP contribution >= 0.6 is 15.9 Å². The van der Waals surface area contributed by atoms with Crippen molar-refractivity contribution in [1.29, 1.82) is 0 Å². The van der Waals surface area contributed by atoms with Crippen molar-refractivity contribution in [2.24, 2.45) is 0 Å². The predicted octanol–water partition coefficient (Wildman–Crippen LogP) is 2.09. The summed E-state index contributed by atoms with van der Waals surface area (Å²) in [5.74, 6) is 0.396. The van der Waals surface area contributed by atoms with Crippen LogP contribution in [0.15, 0.2) is 16.6 Å². The van der Waals surface area contributed by atoms with E-state index in [1.807, 2.05) is 12.1 Å². The van der Waals surface area contributed by atoms with Gasteiger partial charge in [-0.3, -0.25) is 9.59 Å². The van der Waals surface area contributed by atoms with Gasteiger partial charge in [-0.2, -0.15) is 0 Å². The van der Waals surface area contributed by atoms with Crippen molar-refractivity contribution in [2.75, 3.05) is 26.8 Å². The quantitative estimate of drug-likeness (QED) is 0.828. The molecule has 1 aliphatic rings. The maximum atomic E-state index is 12.2. The lowest BCUT2D eigenvalue weighted by molar-refractivity contribution is -0.138. The molecule has 0 aliphatic carbocycles. The molecule has 1 N–H and O–H groups in total. The van der Waals surface area contributed by atoms with Crippen molar-refractivity contribution in [2.45, 2.75) is 19.3 Å². The SMILES string of the molecule is CN(CCCC(=O)O)C(=O)Cc1cc2c(cc1Br)OCCO2. The summed E-state index contributed by atoms with van der Waals surface area (Å²) in [6, 6.07) is 3.61. The number of amides is 1. The van der Waals surface area contributed by atoms with E-state index < -0.39 is 5.97 Å². The largest absolute Gasteiger partial charge is 0.486 e. The zero-order chi connectivity index (χ0) is 16.1. The fourth-order valence-electron chi connectivity index (χ4n) is 2.13. The molecular weight excluding hydrogens is 354 g/mol. The van der Waals surface area contributed by atoms with Crippen LogP contribution in [0.4, 0.5) is 0 Å². The lowest BCUT2D eigenvalue weighted by Crippen LogP contribution is -2.29. The summed E-state index contributed by atoms with van der Waals surface area (Å²) < 4.78 is 11.8. The highest BCUT2D eigenvalue weighted by atomic mass is 79.9. The highest BCUT2D eigenvalue weighted by molar-refractivity contribution is 9.10. The van der Waals surface area contributed by atoms with Crippen molar-refractivity contribution in [3.8, 4) is 11.5 Å². The minimum atomic E-state index is -0.851. The molecule has 0 radical (unpaired) electrons. The molecule has 7 heteroatoms. The minimum Gasteiger partial charge on any atom is -0.486 e. The number of likely N-dealkylation sites (N-methyl/N-ethyl adjacent to an activating group) is 1. The Morgan fingerprint density at radius 2 is 1.91 bits per heavy atom. The van der Waals surface area contributed by atoms with E-state index in [2.05, 4.69) is 15.9 Å². The van der Waals surface area contributed by atoms with Gasteiger partial charge in [0.15, 0.2) is 11.5 Å². The van der Waals surface area contributed by atoms with Crippen molar-refractivity contribution < 1.29 is 24.2 Å². The number of rotatable bonds is 6. The first-order chi connectivity index (χ1) is 10.5. The number of hydrogen-bond donors (Lipinski definition) is 1. The maximum absolute atomic E-state index is 12.2. The molecule has 0 bridgehead atoms. The number of carbonyl (C=O) groups excluding carboxylic acids is 1. The Hall–Kier alpha value is -1.76. The van der Waals surface area contributed by atoms with Crippen LogP contribution in [0.5, 0.6) is 11.5 Å². The summed E-state index contributed by atoms with van der Waals surface area (Å²) in [5, 5.41) is 8.61. The molecule has 1 aliphatic heterocycles. The number of carbonyl (C=O) groups is 2. The minimum absolute atomic E-state index is 0.0609. The number of carboxylic acid groups (broad SMARTS) is 1. The van der Waals surface area contributed by atoms with Gasteiger partial charge in [0.05, 0.1) is 6.42 Å². The van der Waals surface area contributed by atoms with Gasteiger partial charge in [-0.1, -0.05) is 15.9 Å². The van der Waals surface area contributed by atoms with Gasteiger partial charge < -0.3 is 19.5 Å². The normalized spacial score (nSPS) is 12.8. The Balaban J connectivity index is 1.97. The molecule has 1 aromatic rings. The van der Waals surface area contributed by atoms with Crippen LogP contribution < -0.4 is 9.47 Å². The summed E-state index contributed by atoms with van der Waals surface area (Å²) >= 11 is 3.44. The Labute approximate surface area is 137 Å². The summed E-state index contributed by atoms with van der Waals surface area (Å²) in [4.78, 5) is 24.2.